The van der Waals surface area contributed by atoms with E-state index >= 15 is 0 Å². The molecule has 1 aliphatic carbocycles. The lowest BCUT2D eigenvalue weighted by molar-refractivity contribution is 0.243. The van der Waals surface area contributed by atoms with Crippen LogP contribution in [0.4, 0.5) is 10.2 Å². The summed E-state index contributed by atoms with van der Waals surface area (Å²) >= 11 is 0. The highest BCUT2D eigenvalue weighted by Gasteiger charge is 2.41. The molecule has 1 fully saturated rings. The van der Waals surface area contributed by atoms with Crippen LogP contribution in [0.3, 0.4) is 0 Å². The Labute approximate surface area is 157 Å². The largest absolute Gasteiger partial charge is 0.368 e. The minimum atomic E-state index is -0.266. The van der Waals surface area contributed by atoms with Gasteiger partial charge >= 0.3 is 0 Å². The van der Waals surface area contributed by atoms with Crippen molar-refractivity contribution in [3.8, 4) is 11.3 Å². The Bertz CT molecular complexity index is 922. The summed E-state index contributed by atoms with van der Waals surface area (Å²) in [5, 5.41) is 11.9. The molecule has 1 saturated carbocycles. The number of rotatable bonds is 6. The molecule has 27 heavy (non-hydrogen) atoms. The second-order valence-electron chi connectivity index (χ2n) is 6.99. The first-order valence-electron chi connectivity index (χ1n) is 9.19. The van der Waals surface area contributed by atoms with Gasteiger partial charge in [0.05, 0.1) is 11.4 Å². The first kappa shape index (κ1) is 17.5. The molecule has 0 radical (unpaired) electrons. The molecule has 0 unspecified atom stereocenters. The van der Waals surface area contributed by atoms with Gasteiger partial charge < -0.3 is 11.1 Å². The predicted molar refractivity (Wildman–Crippen MR) is 104 cm³/mol. The Morgan fingerprint density at radius 2 is 1.89 bits per heavy atom. The SMILES string of the molecule is NCc1ccccc1-c1ccc(NCC2(c3ncccc3F)CCC2)nn1. The average Bonchev–Trinajstić information content (AvgIpc) is 2.69. The van der Waals surface area contributed by atoms with Gasteiger partial charge in [0.2, 0.25) is 0 Å². The number of pyridine rings is 1. The van der Waals surface area contributed by atoms with Gasteiger partial charge in [-0.3, -0.25) is 4.98 Å². The first-order valence-corrected chi connectivity index (χ1v) is 9.19. The summed E-state index contributed by atoms with van der Waals surface area (Å²) in [4.78, 5) is 4.29. The van der Waals surface area contributed by atoms with Crippen molar-refractivity contribution in [3.63, 3.8) is 0 Å². The fourth-order valence-corrected chi connectivity index (χ4v) is 3.65. The lowest BCUT2D eigenvalue weighted by Gasteiger charge is -2.41. The summed E-state index contributed by atoms with van der Waals surface area (Å²) in [6, 6.07) is 14.8. The summed E-state index contributed by atoms with van der Waals surface area (Å²) in [6.07, 6.45) is 4.58. The van der Waals surface area contributed by atoms with E-state index in [1.54, 1.807) is 12.3 Å². The maximum absolute atomic E-state index is 14.2. The highest BCUT2D eigenvalue weighted by Crippen LogP contribution is 2.43. The standard InChI is InChI=1S/C21H22FN5/c22-17-7-3-12-24-20(17)21(10-4-11-21)14-25-19-9-8-18(26-27-19)16-6-2-1-5-15(16)13-23/h1-3,5-9,12H,4,10-11,13-14,23H2,(H,25,27). The number of hydrogen-bond acceptors (Lipinski definition) is 5. The van der Waals surface area contributed by atoms with E-state index in [1.165, 1.54) is 6.07 Å². The summed E-state index contributed by atoms with van der Waals surface area (Å²) in [5.74, 6) is 0.436. The van der Waals surface area contributed by atoms with Crippen molar-refractivity contribution >= 4 is 5.82 Å². The molecule has 0 saturated heterocycles. The number of nitrogens with one attached hydrogen (secondary N) is 1. The molecule has 2 heterocycles. The van der Waals surface area contributed by atoms with Gasteiger partial charge in [-0.15, -0.1) is 10.2 Å². The Balaban J connectivity index is 1.50. The van der Waals surface area contributed by atoms with Crippen LogP contribution in [0.1, 0.15) is 30.5 Å². The zero-order valence-electron chi connectivity index (χ0n) is 15.0. The molecule has 0 spiro atoms. The molecule has 4 rings (SSSR count). The topological polar surface area (TPSA) is 76.7 Å². The zero-order valence-corrected chi connectivity index (χ0v) is 15.0. The van der Waals surface area contributed by atoms with Crippen LogP contribution in [-0.4, -0.2) is 21.7 Å². The zero-order chi connectivity index (χ0) is 18.7. The summed E-state index contributed by atoms with van der Waals surface area (Å²) in [6.45, 7) is 1.05. The highest BCUT2D eigenvalue weighted by atomic mass is 19.1. The molecule has 0 atom stereocenters. The van der Waals surface area contributed by atoms with Crippen LogP contribution in [0.25, 0.3) is 11.3 Å². The summed E-state index contributed by atoms with van der Waals surface area (Å²) in [7, 11) is 0. The summed E-state index contributed by atoms with van der Waals surface area (Å²) < 4.78 is 14.2. The van der Waals surface area contributed by atoms with Crippen molar-refractivity contribution in [1.29, 1.82) is 0 Å². The van der Waals surface area contributed by atoms with E-state index in [-0.39, 0.29) is 11.2 Å². The van der Waals surface area contributed by atoms with E-state index in [2.05, 4.69) is 20.5 Å². The van der Waals surface area contributed by atoms with Crippen molar-refractivity contribution in [3.05, 3.63) is 71.8 Å². The molecular weight excluding hydrogens is 341 g/mol. The second kappa shape index (κ2) is 7.40. The number of benzene rings is 1. The lowest BCUT2D eigenvalue weighted by atomic mass is 9.66. The van der Waals surface area contributed by atoms with Crippen LogP contribution in [-0.2, 0) is 12.0 Å². The van der Waals surface area contributed by atoms with Crippen LogP contribution in [0.15, 0.2) is 54.7 Å². The van der Waals surface area contributed by atoms with E-state index in [4.69, 9.17) is 5.73 Å². The third-order valence-electron chi connectivity index (χ3n) is 5.36. The Kier molecular flexibility index (Phi) is 4.81. The molecule has 3 aromatic rings. The van der Waals surface area contributed by atoms with Crippen LogP contribution in [0.5, 0.6) is 0 Å². The number of aromatic nitrogens is 3. The quantitative estimate of drug-likeness (QED) is 0.699. The molecule has 0 amide bonds. The third-order valence-corrected chi connectivity index (χ3v) is 5.36. The fourth-order valence-electron chi connectivity index (χ4n) is 3.65. The van der Waals surface area contributed by atoms with Crippen molar-refractivity contribution in [2.45, 2.75) is 31.2 Å². The van der Waals surface area contributed by atoms with E-state index in [1.807, 2.05) is 36.4 Å². The van der Waals surface area contributed by atoms with Crippen LogP contribution in [0.2, 0.25) is 0 Å². The highest BCUT2D eigenvalue weighted by molar-refractivity contribution is 5.63. The molecule has 0 aliphatic heterocycles. The normalized spacial score (nSPS) is 15.2. The molecule has 3 N–H and O–H groups in total. The molecular formula is C21H22FN5. The van der Waals surface area contributed by atoms with Gasteiger partial charge in [-0.1, -0.05) is 30.7 Å². The minimum Gasteiger partial charge on any atom is -0.368 e. The molecule has 6 heteroatoms. The second-order valence-corrected chi connectivity index (χ2v) is 6.99. The van der Waals surface area contributed by atoms with Crippen molar-refractivity contribution < 1.29 is 4.39 Å². The van der Waals surface area contributed by atoms with Crippen molar-refractivity contribution in [2.75, 3.05) is 11.9 Å². The van der Waals surface area contributed by atoms with Gasteiger partial charge in [-0.25, -0.2) is 4.39 Å². The molecule has 1 aliphatic rings. The lowest BCUT2D eigenvalue weighted by Crippen LogP contribution is -2.42. The first-order chi connectivity index (χ1) is 13.2. The predicted octanol–water partition coefficient (Wildman–Crippen LogP) is 3.67. The molecule has 0 bridgehead atoms. The molecule has 138 valence electrons. The Morgan fingerprint density at radius 1 is 1.04 bits per heavy atom. The van der Waals surface area contributed by atoms with Crippen molar-refractivity contribution in [1.82, 2.24) is 15.2 Å². The molecule has 5 nitrogen and oxygen atoms in total. The monoisotopic (exact) mass is 363 g/mol. The number of hydrogen-bond donors (Lipinski definition) is 2. The maximum atomic E-state index is 14.2. The van der Waals surface area contributed by atoms with Gasteiger partial charge in [0.15, 0.2) is 0 Å². The van der Waals surface area contributed by atoms with Gasteiger partial charge in [0, 0.05) is 30.3 Å². The van der Waals surface area contributed by atoms with Crippen LogP contribution < -0.4 is 11.1 Å². The third kappa shape index (κ3) is 3.40. The van der Waals surface area contributed by atoms with Gasteiger partial charge in [0.25, 0.3) is 0 Å². The van der Waals surface area contributed by atoms with Crippen molar-refractivity contribution in [2.24, 2.45) is 5.73 Å². The van der Waals surface area contributed by atoms with Gasteiger partial charge in [-0.2, -0.15) is 0 Å². The summed E-state index contributed by atoms with van der Waals surface area (Å²) in [5.41, 5.74) is 8.90. The van der Waals surface area contributed by atoms with E-state index in [0.29, 0.717) is 24.6 Å². The molecule has 2 aromatic heterocycles. The average molecular weight is 363 g/mol. The smallest absolute Gasteiger partial charge is 0.148 e. The Morgan fingerprint density at radius 3 is 2.56 bits per heavy atom. The number of halogens is 1. The Hall–Kier alpha value is -2.86. The van der Waals surface area contributed by atoms with E-state index < -0.39 is 0 Å². The minimum absolute atomic E-state index is 0.237. The van der Waals surface area contributed by atoms with Gasteiger partial charge in [-0.05, 0) is 42.7 Å². The van der Waals surface area contributed by atoms with Crippen LogP contribution >= 0.6 is 0 Å². The van der Waals surface area contributed by atoms with E-state index in [9.17, 15) is 4.39 Å². The number of anilines is 1. The number of nitrogens with two attached hydrogens (primary N) is 1. The fraction of sp³-hybridized carbons (Fsp3) is 0.286. The van der Waals surface area contributed by atoms with Gasteiger partial charge in [0.1, 0.15) is 11.6 Å². The maximum Gasteiger partial charge on any atom is 0.148 e. The van der Waals surface area contributed by atoms with Crippen LogP contribution in [0, 0.1) is 5.82 Å². The number of nitrogens with zero attached hydrogens (tertiary/aromatic N) is 3. The molecule has 1 aromatic carbocycles. The van der Waals surface area contributed by atoms with E-state index in [0.717, 1.165) is 36.1 Å².